The van der Waals surface area contributed by atoms with Gasteiger partial charge in [0.25, 0.3) is 0 Å². The summed E-state index contributed by atoms with van der Waals surface area (Å²) in [4.78, 5) is 0. The van der Waals surface area contributed by atoms with Gasteiger partial charge in [0.2, 0.25) is 0 Å². The van der Waals surface area contributed by atoms with Crippen LogP contribution in [0.2, 0.25) is 0 Å². The molecule has 2 radical (unpaired) electrons. The predicted molar refractivity (Wildman–Crippen MR) is 21.6 cm³/mol. The molecular formula is H5ClMoO4Sn. The van der Waals surface area contributed by atoms with Crippen LogP contribution >= 0.6 is 12.4 Å². The van der Waals surface area contributed by atoms with E-state index < -0.39 is 16.7 Å². The van der Waals surface area contributed by atoms with Crippen molar-refractivity contribution < 1.29 is 31.1 Å². The minimum absolute atomic E-state index is 0. The van der Waals surface area contributed by atoms with Crippen molar-refractivity contribution in [2.24, 2.45) is 0 Å². The monoisotopic (exact) mass is 322 g/mol. The molecule has 7 heteroatoms. The Morgan fingerprint density at radius 2 is 1.14 bits per heavy atom. The molecule has 0 amide bonds. The first-order chi connectivity index (χ1) is 2.00. The molecule has 0 aromatic rings. The second kappa shape index (κ2) is 5.43. The summed E-state index contributed by atoms with van der Waals surface area (Å²) >= 11 is -5.52. The molecule has 0 spiro atoms. The normalized spacial score (nSPS) is 8.29. The maximum absolute atomic E-state index is 8.85. The van der Waals surface area contributed by atoms with Gasteiger partial charge in [0, 0.05) is 0 Å². The number of hydrogen-bond donors (Lipinski definition) is 2. The van der Waals surface area contributed by atoms with Crippen molar-refractivity contribution in [1.29, 1.82) is 0 Å². The summed E-state index contributed by atoms with van der Waals surface area (Å²) in [6.45, 7) is 0. The van der Waals surface area contributed by atoms with Gasteiger partial charge in [0.05, 0.1) is 0 Å². The van der Waals surface area contributed by atoms with Crippen molar-refractivity contribution in [3.63, 3.8) is 0 Å². The van der Waals surface area contributed by atoms with Crippen LogP contribution in [0.5, 0.6) is 0 Å². The fraction of sp³-hybridized carbons (Fsp3) is 0. The molecule has 0 rings (SSSR count). The molecule has 46 valence electrons. The van der Waals surface area contributed by atoms with Gasteiger partial charge in [0.1, 0.15) is 0 Å². The van der Waals surface area contributed by atoms with E-state index in [2.05, 4.69) is 0 Å². The zero-order chi connectivity index (χ0) is 4.50. The van der Waals surface area contributed by atoms with Crippen molar-refractivity contribution >= 4 is 36.3 Å². The summed E-state index contributed by atoms with van der Waals surface area (Å²) < 4.78 is 32.0. The molecular weight excluding hydrogens is 314 g/mol. The van der Waals surface area contributed by atoms with Crippen molar-refractivity contribution in [3.05, 3.63) is 0 Å². The zero-order valence-electron chi connectivity index (χ0n) is 3.23. The summed E-state index contributed by atoms with van der Waals surface area (Å²) in [5.74, 6) is 0. The van der Waals surface area contributed by atoms with Crippen LogP contribution in [0.3, 0.4) is 0 Å². The van der Waals surface area contributed by atoms with Crippen molar-refractivity contribution in [3.8, 4) is 0 Å². The van der Waals surface area contributed by atoms with Gasteiger partial charge in [0.15, 0.2) is 0 Å². The van der Waals surface area contributed by atoms with E-state index in [1.165, 1.54) is 0 Å². The fourth-order valence-electron chi connectivity index (χ4n) is 0. The Kier molecular flexibility index (Phi) is 12.2. The quantitative estimate of drug-likeness (QED) is 0.514. The van der Waals surface area contributed by atoms with Crippen LogP contribution in [0.15, 0.2) is 0 Å². The standard InChI is InChI=1S/ClH.Mo.2H2O.2O.Sn.2H/h1H;;2*1H2;;;;;/q;+2;;;;;;;/p-2. The molecule has 4 nitrogen and oxygen atoms in total. The van der Waals surface area contributed by atoms with Crippen LogP contribution < -0.4 is 0 Å². The molecule has 0 saturated carbocycles. The molecule has 2 N–H and O–H groups in total. The molecule has 0 fully saturated rings. The summed E-state index contributed by atoms with van der Waals surface area (Å²) in [6, 6.07) is 0. The Balaban J connectivity index is -0.0000000800. The summed E-state index contributed by atoms with van der Waals surface area (Å²) in [5, 5.41) is 0. The molecule has 0 atom stereocenters. The van der Waals surface area contributed by atoms with E-state index in [-0.39, 0.29) is 36.3 Å². The third-order valence-electron chi connectivity index (χ3n) is 0. The Bertz CT molecular complexity index is 94.9. The molecule has 0 aromatic carbocycles. The molecule has 0 aliphatic heterocycles. The predicted octanol–water partition coefficient (Wildman–Crippen LogP) is -1.85. The molecule has 0 unspecified atom stereocenters. The summed E-state index contributed by atoms with van der Waals surface area (Å²) in [6.07, 6.45) is 0. The second-order valence-electron chi connectivity index (χ2n) is 0.448. The van der Waals surface area contributed by atoms with E-state index in [1.54, 1.807) is 0 Å². The Hall–Kier alpha value is 1.30. The van der Waals surface area contributed by atoms with Gasteiger partial charge in [-0.05, 0) is 0 Å². The van der Waals surface area contributed by atoms with Gasteiger partial charge in [-0.15, -0.1) is 12.4 Å². The zero-order valence-corrected chi connectivity index (χ0v) is 10.1. The average molecular weight is 319 g/mol. The van der Waals surface area contributed by atoms with E-state index in [1.807, 2.05) is 0 Å². The number of rotatable bonds is 0. The van der Waals surface area contributed by atoms with Crippen molar-refractivity contribution in [1.82, 2.24) is 0 Å². The van der Waals surface area contributed by atoms with E-state index in [4.69, 9.17) is 14.3 Å². The van der Waals surface area contributed by atoms with Crippen molar-refractivity contribution in [2.45, 2.75) is 0 Å². The molecule has 7 heavy (non-hydrogen) atoms. The van der Waals surface area contributed by atoms with Gasteiger partial charge < -0.3 is 0 Å². The van der Waals surface area contributed by atoms with Gasteiger partial charge in [-0.2, -0.15) is 0 Å². The summed E-state index contributed by atoms with van der Waals surface area (Å²) in [7, 11) is 0. The Labute approximate surface area is 67.0 Å². The van der Waals surface area contributed by atoms with Gasteiger partial charge in [-0.1, -0.05) is 0 Å². The van der Waals surface area contributed by atoms with Crippen molar-refractivity contribution in [2.75, 3.05) is 0 Å². The van der Waals surface area contributed by atoms with Gasteiger partial charge in [-0.3, -0.25) is 0 Å². The SMILES string of the molecule is Cl.[O]=[Mo](=[O])([OH])[OH].[SnH2]. The number of halogens is 1. The first kappa shape index (κ1) is 15.7. The average Bonchev–Trinajstić information content (AvgIpc) is 0.722. The topological polar surface area (TPSA) is 74.6 Å². The second-order valence-corrected chi connectivity index (χ2v) is 2.65. The van der Waals surface area contributed by atoms with Crippen LogP contribution in [0, 0.1) is 0 Å². The van der Waals surface area contributed by atoms with Crippen LogP contribution in [0.25, 0.3) is 0 Å². The Morgan fingerprint density at radius 1 is 1.14 bits per heavy atom. The van der Waals surface area contributed by atoms with Gasteiger partial charge in [-0.25, -0.2) is 0 Å². The number of hydrogen-bond acceptors (Lipinski definition) is 2. The fourth-order valence-corrected chi connectivity index (χ4v) is 0. The minimum atomic E-state index is -5.52. The molecule has 0 heterocycles. The van der Waals surface area contributed by atoms with E-state index in [9.17, 15) is 0 Å². The molecule has 0 saturated heterocycles. The van der Waals surface area contributed by atoms with Gasteiger partial charge >= 0.3 is 55.0 Å². The van der Waals surface area contributed by atoms with Crippen LogP contribution in [0.4, 0.5) is 0 Å². The molecule has 0 aliphatic carbocycles. The third-order valence-corrected chi connectivity index (χ3v) is 0. The van der Waals surface area contributed by atoms with Crippen LogP contribution in [-0.2, 0) is 23.5 Å². The first-order valence-electron chi connectivity index (χ1n) is 0.698. The third kappa shape index (κ3) is 122. The van der Waals surface area contributed by atoms with E-state index >= 15 is 0 Å². The molecule has 0 bridgehead atoms. The van der Waals surface area contributed by atoms with Crippen LogP contribution in [0.1, 0.15) is 0 Å². The van der Waals surface area contributed by atoms with E-state index in [0.29, 0.717) is 0 Å². The molecule has 0 aromatic heterocycles. The van der Waals surface area contributed by atoms with Crippen LogP contribution in [-0.4, -0.2) is 31.4 Å². The van der Waals surface area contributed by atoms with E-state index in [0.717, 1.165) is 0 Å². The Morgan fingerprint density at radius 3 is 1.14 bits per heavy atom. The first-order valence-corrected chi connectivity index (χ1v) is 4.13. The maximum atomic E-state index is 8.85. The molecule has 0 aliphatic rings. The summed E-state index contributed by atoms with van der Waals surface area (Å²) in [5.41, 5.74) is 0.